The van der Waals surface area contributed by atoms with Gasteiger partial charge in [0.05, 0.1) is 0 Å². The number of anilines is 1. The number of hydrogen-bond acceptors (Lipinski definition) is 3. The third-order valence-corrected chi connectivity index (χ3v) is 7.29. The first-order valence-electron chi connectivity index (χ1n) is 11.6. The SMILES string of the molecule is O=CC1CCN(c2ccc([C@@H]3c4ccc(O)cc4C(F)(F)C[C@@H]3c3ccc(F)cc3)cc2)CC1. The van der Waals surface area contributed by atoms with Crippen LogP contribution in [0.4, 0.5) is 18.9 Å². The van der Waals surface area contributed by atoms with Crippen LogP contribution in [0.25, 0.3) is 0 Å². The molecule has 0 unspecified atom stereocenters. The fourth-order valence-electron chi connectivity index (χ4n) is 5.47. The number of phenols is 1. The molecule has 2 aliphatic rings. The third-order valence-electron chi connectivity index (χ3n) is 7.29. The van der Waals surface area contributed by atoms with E-state index < -0.39 is 24.1 Å². The van der Waals surface area contributed by atoms with E-state index in [0.29, 0.717) is 11.1 Å². The molecule has 0 radical (unpaired) electrons. The standard InChI is InChI=1S/C28H26F3NO2/c29-21-5-1-19(2-6-21)25-16-28(30,31)26-15-23(34)9-10-24(26)27(25)20-3-7-22(8-4-20)32-13-11-18(17-33)12-14-32/h1-10,15,17-18,25,27,34H,11-14,16H2/t25-,27-/m1/s1. The molecule has 3 aromatic carbocycles. The first-order valence-corrected chi connectivity index (χ1v) is 11.6. The minimum Gasteiger partial charge on any atom is -0.508 e. The van der Waals surface area contributed by atoms with E-state index in [1.807, 2.05) is 24.3 Å². The summed E-state index contributed by atoms with van der Waals surface area (Å²) in [5.74, 6) is -4.52. The molecule has 34 heavy (non-hydrogen) atoms. The fraction of sp³-hybridized carbons (Fsp3) is 0.321. The molecule has 5 rings (SSSR count). The number of alkyl halides is 2. The van der Waals surface area contributed by atoms with Gasteiger partial charge in [-0.2, -0.15) is 0 Å². The van der Waals surface area contributed by atoms with Gasteiger partial charge in [0.1, 0.15) is 17.9 Å². The molecule has 6 heteroatoms. The Balaban J connectivity index is 1.54. The van der Waals surface area contributed by atoms with Crippen LogP contribution in [0, 0.1) is 11.7 Å². The van der Waals surface area contributed by atoms with Crippen LogP contribution in [0.5, 0.6) is 5.75 Å². The zero-order chi connectivity index (χ0) is 23.9. The minimum atomic E-state index is -3.12. The van der Waals surface area contributed by atoms with E-state index in [0.717, 1.165) is 49.5 Å². The second kappa shape index (κ2) is 8.82. The Morgan fingerprint density at radius 1 is 0.912 bits per heavy atom. The molecule has 1 aliphatic heterocycles. The monoisotopic (exact) mass is 465 g/mol. The first kappa shape index (κ1) is 22.5. The highest BCUT2D eigenvalue weighted by Crippen LogP contribution is 2.55. The Hall–Kier alpha value is -3.28. The largest absolute Gasteiger partial charge is 0.508 e. The number of carbonyl (C=O) groups is 1. The molecule has 3 nitrogen and oxygen atoms in total. The number of rotatable bonds is 4. The summed E-state index contributed by atoms with van der Waals surface area (Å²) in [7, 11) is 0. The molecule has 2 atom stereocenters. The maximum Gasteiger partial charge on any atom is 0.274 e. The van der Waals surface area contributed by atoms with Gasteiger partial charge < -0.3 is 14.8 Å². The molecule has 176 valence electrons. The van der Waals surface area contributed by atoms with Crippen molar-refractivity contribution >= 4 is 12.0 Å². The lowest BCUT2D eigenvalue weighted by molar-refractivity contribution is -0.111. The topological polar surface area (TPSA) is 40.5 Å². The van der Waals surface area contributed by atoms with Crippen LogP contribution in [-0.4, -0.2) is 24.5 Å². The predicted octanol–water partition coefficient (Wildman–Crippen LogP) is 6.36. The van der Waals surface area contributed by atoms with Crippen molar-refractivity contribution in [1.82, 2.24) is 0 Å². The van der Waals surface area contributed by atoms with Crippen LogP contribution in [0.2, 0.25) is 0 Å². The molecular formula is C28H26F3NO2. The summed E-state index contributed by atoms with van der Waals surface area (Å²) in [6, 6.07) is 17.9. The maximum atomic E-state index is 15.2. The molecule has 1 N–H and O–H groups in total. The van der Waals surface area contributed by atoms with E-state index in [-0.39, 0.29) is 23.1 Å². The summed E-state index contributed by atoms with van der Waals surface area (Å²) in [6.45, 7) is 1.61. The summed E-state index contributed by atoms with van der Waals surface area (Å²) < 4.78 is 44.0. The van der Waals surface area contributed by atoms with E-state index >= 15 is 8.78 Å². The van der Waals surface area contributed by atoms with Crippen LogP contribution in [-0.2, 0) is 10.7 Å². The number of aldehydes is 1. The Kier molecular flexibility index (Phi) is 5.84. The molecule has 1 aliphatic carbocycles. The third kappa shape index (κ3) is 4.17. The highest BCUT2D eigenvalue weighted by Gasteiger charge is 2.47. The molecular weight excluding hydrogens is 439 g/mol. The average Bonchev–Trinajstić information content (AvgIpc) is 2.85. The van der Waals surface area contributed by atoms with Gasteiger partial charge in [-0.25, -0.2) is 13.2 Å². The lowest BCUT2D eigenvalue weighted by Gasteiger charge is -2.39. The molecule has 1 saturated heterocycles. The van der Waals surface area contributed by atoms with Gasteiger partial charge in [-0.1, -0.05) is 30.3 Å². The molecule has 3 aromatic rings. The summed E-state index contributed by atoms with van der Waals surface area (Å²) >= 11 is 0. The van der Waals surface area contributed by atoms with Gasteiger partial charge in [0.25, 0.3) is 5.92 Å². The quantitative estimate of drug-likeness (QED) is 0.456. The van der Waals surface area contributed by atoms with Crippen molar-refractivity contribution < 1.29 is 23.1 Å². The molecule has 0 aromatic heterocycles. The number of hydrogen-bond donors (Lipinski definition) is 1. The summed E-state index contributed by atoms with van der Waals surface area (Å²) in [5.41, 5.74) is 2.91. The number of piperidine rings is 1. The normalized spacial score (nSPS) is 22.3. The zero-order valence-corrected chi connectivity index (χ0v) is 18.6. The number of fused-ring (bicyclic) bond motifs is 1. The number of phenolic OH excluding ortho intramolecular Hbond substituents is 1. The number of halogens is 3. The maximum absolute atomic E-state index is 15.2. The molecule has 1 heterocycles. The van der Waals surface area contributed by atoms with Crippen LogP contribution in [0.3, 0.4) is 0 Å². The first-order chi connectivity index (χ1) is 16.4. The van der Waals surface area contributed by atoms with Crippen molar-refractivity contribution in [1.29, 1.82) is 0 Å². The fourth-order valence-corrected chi connectivity index (χ4v) is 5.47. The van der Waals surface area contributed by atoms with Crippen LogP contribution >= 0.6 is 0 Å². The summed E-state index contributed by atoms with van der Waals surface area (Å²) in [4.78, 5) is 13.3. The van der Waals surface area contributed by atoms with Crippen molar-refractivity contribution in [2.24, 2.45) is 5.92 Å². The van der Waals surface area contributed by atoms with E-state index in [1.165, 1.54) is 18.2 Å². The lowest BCUT2D eigenvalue weighted by atomic mass is 9.68. The second-order valence-electron chi connectivity index (χ2n) is 9.37. The Bertz CT molecular complexity index is 1170. The number of aromatic hydroxyl groups is 1. The smallest absolute Gasteiger partial charge is 0.274 e. The summed E-state index contributed by atoms with van der Waals surface area (Å²) in [6.07, 6.45) is 2.25. The Morgan fingerprint density at radius 3 is 2.21 bits per heavy atom. The van der Waals surface area contributed by atoms with Crippen LogP contribution in [0.15, 0.2) is 66.7 Å². The van der Waals surface area contributed by atoms with E-state index in [1.54, 1.807) is 18.2 Å². The highest BCUT2D eigenvalue weighted by atomic mass is 19.3. The zero-order valence-electron chi connectivity index (χ0n) is 18.6. The number of carbonyl (C=O) groups excluding carboxylic acids is 1. The summed E-state index contributed by atoms with van der Waals surface area (Å²) in [5, 5.41) is 9.91. The van der Waals surface area contributed by atoms with Gasteiger partial charge in [-0.05, 0) is 65.9 Å². The van der Waals surface area contributed by atoms with Gasteiger partial charge in [0, 0.05) is 48.5 Å². The second-order valence-corrected chi connectivity index (χ2v) is 9.37. The number of nitrogens with zero attached hydrogens (tertiary/aromatic N) is 1. The highest BCUT2D eigenvalue weighted by molar-refractivity contribution is 5.56. The average molecular weight is 466 g/mol. The molecule has 0 amide bonds. The van der Waals surface area contributed by atoms with E-state index in [4.69, 9.17) is 0 Å². The van der Waals surface area contributed by atoms with Gasteiger partial charge in [0.15, 0.2) is 0 Å². The van der Waals surface area contributed by atoms with Crippen LogP contribution < -0.4 is 4.90 Å². The Morgan fingerprint density at radius 2 is 1.56 bits per heavy atom. The van der Waals surface area contributed by atoms with Crippen molar-refractivity contribution in [3.8, 4) is 5.75 Å². The molecule has 0 spiro atoms. The van der Waals surface area contributed by atoms with Crippen molar-refractivity contribution in [3.63, 3.8) is 0 Å². The van der Waals surface area contributed by atoms with Crippen molar-refractivity contribution in [2.45, 2.75) is 37.0 Å². The molecule has 0 bridgehead atoms. The van der Waals surface area contributed by atoms with Gasteiger partial charge in [0.2, 0.25) is 0 Å². The lowest BCUT2D eigenvalue weighted by Crippen LogP contribution is -2.34. The predicted molar refractivity (Wildman–Crippen MR) is 125 cm³/mol. The van der Waals surface area contributed by atoms with Crippen LogP contribution in [0.1, 0.15) is 53.4 Å². The van der Waals surface area contributed by atoms with Crippen molar-refractivity contribution in [3.05, 3.63) is 94.8 Å². The molecule has 1 fully saturated rings. The van der Waals surface area contributed by atoms with Gasteiger partial charge >= 0.3 is 0 Å². The number of benzene rings is 3. The van der Waals surface area contributed by atoms with Gasteiger partial charge in [-0.3, -0.25) is 0 Å². The van der Waals surface area contributed by atoms with Crippen molar-refractivity contribution in [2.75, 3.05) is 18.0 Å². The Labute approximate surface area is 196 Å². The molecule has 0 saturated carbocycles. The van der Waals surface area contributed by atoms with E-state index in [2.05, 4.69) is 4.90 Å². The minimum absolute atomic E-state index is 0.115. The van der Waals surface area contributed by atoms with Gasteiger partial charge in [-0.15, -0.1) is 0 Å². The van der Waals surface area contributed by atoms with E-state index in [9.17, 15) is 14.3 Å².